The van der Waals surface area contributed by atoms with Crippen LogP contribution < -0.4 is 5.32 Å². The lowest BCUT2D eigenvalue weighted by Crippen LogP contribution is -2.60. The zero-order valence-electron chi connectivity index (χ0n) is 39.1. The first-order valence-corrected chi connectivity index (χ1v) is 25.8. The molecule has 1 saturated heterocycles. The van der Waals surface area contributed by atoms with Gasteiger partial charge in [-0.3, -0.25) is 4.79 Å². The lowest BCUT2D eigenvalue weighted by Gasteiger charge is -2.40. The van der Waals surface area contributed by atoms with E-state index in [1.807, 2.05) is 0 Å². The van der Waals surface area contributed by atoms with Crippen molar-refractivity contribution in [2.75, 3.05) is 13.2 Å². The normalized spacial score (nSPS) is 21.0. The zero-order valence-corrected chi connectivity index (χ0v) is 39.1. The first-order valence-electron chi connectivity index (χ1n) is 25.8. The van der Waals surface area contributed by atoms with Gasteiger partial charge in [0.2, 0.25) is 5.91 Å². The van der Waals surface area contributed by atoms with Crippen LogP contribution in [0.3, 0.4) is 0 Å². The molecule has 0 aliphatic carbocycles. The lowest BCUT2D eigenvalue weighted by molar-refractivity contribution is -0.303. The lowest BCUT2D eigenvalue weighted by atomic mass is 9.98. The van der Waals surface area contributed by atoms with Gasteiger partial charge in [-0.1, -0.05) is 232 Å². The predicted octanol–water partition coefficient (Wildman–Crippen LogP) is 10.5. The van der Waals surface area contributed by atoms with Gasteiger partial charge in [-0.25, -0.2) is 0 Å². The smallest absolute Gasteiger partial charge is 0.220 e. The number of ether oxygens (including phenoxy) is 2. The molecule has 1 amide bonds. The van der Waals surface area contributed by atoms with E-state index in [0.717, 1.165) is 38.5 Å². The van der Waals surface area contributed by atoms with Crippen molar-refractivity contribution >= 4 is 5.91 Å². The summed E-state index contributed by atoms with van der Waals surface area (Å²) in [6.45, 7) is 3.63. The summed E-state index contributed by atoms with van der Waals surface area (Å²) in [4.78, 5) is 13.0. The van der Waals surface area contributed by atoms with Crippen molar-refractivity contribution in [1.82, 2.24) is 5.32 Å². The van der Waals surface area contributed by atoms with E-state index in [2.05, 4.69) is 19.2 Å². The molecule has 7 N–H and O–H groups in total. The van der Waals surface area contributed by atoms with E-state index in [0.29, 0.717) is 6.42 Å². The van der Waals surface area contributed by atoms with Gasteiger partial charge in [0, 0.05) is 6.42 Å². The van der Waals surface area contributed by atoms with Crippen LogP contribution in [0.1, 0.15) is 251 Å². The van der Waals surface area contributed by atoms with E-state index in [4.69, 9.17) is 9.47 Å². The van der Waals surface area contributed by atoms with Crippen LogP contribution in [0.5, 0.6) is 0 Å². The molecular formula is C50H99NO9. The Balaban J connectivity index is 2.26. The number of amides is 1. The molecule has 1 aliphatic rings. The van der Waals surface area contributed by atoms with Crippen molar-refractivity contribution in [3.63, 3.8) is 0 Å². The molecule has 0 bridgehead atoms. The summed E-state index contributed by atoms with van der Waals surface area (Å²) in [7, 11) is 0. The van der Waals surface area contributed by atoms with Gasteiger partial charge >= 0.3 is 0 Å². The third kappa shape index (κ3) is 30.3. The fourth-order valence-electron chi connectivity index (χ4n) is 8.61. The van der Waals surface area contributed by atoms with Gasteiger partial charge in [-0.15, -0.1) is 0 Å². The molecule has 0 spiro atoms. The molecule has 10 nitrogen and oxygen atoms in total. The summed E-state index contributed by atoms with van der Waals surface area (Å²) in [6.07, 6.45) is 35.5. The van der Waals surface area contributed by atoms with Gasteiger partial charge in [-0.05, 0) is 12.8 Å². The molecule has 0 unspecified atom stereocenters. The van der Waals surface area contributed by atoms with Crippen LogP contribution >= 0.6 is 0 Å². The number of rotatable bonds is 44. The number of aliphatic hydroxyl groups is 6. The Morgan fingerprint density at radius 2 is 0.867 bits per heavy atom. The summed E-state index contributed by atoms with van der Waals surface area (Å²) in [6, 6.07) is -0.985. The average molecular weight is 858 g/mol. The highest BCUT2D eigenvalue weighted by Crippen LogP contribution is 2.23. The van der Waals surface area contributed by atoms with Crippen molar-refractivity contribution in [3.05, 3.63) is 0 Å². The van der Waals surface area contributed by atoms with E-state index in [-0.39, 0.29) is 18.9 Å². The fourth-order valence-corrected chi connectivity index (χ4v) is 8.61. The molecule has 1 fully saturated rings. The minimum absolute atomic E-state index is 0.252. The molecule has 0 aromatic heterocycles. The molecule has 8 atom stereocenters. The average Bonchev–Trinajstić information content (AvgIpc) is 3.25. The number of aliphatic hydroxyl groups excluding tert-OH is 6. The van der Waals surface area contributed by atoms with Crippen molar-refractivity contribution in [1.29, 1.82) is 0 Å². The highest BCUT2D eigenvalue weighted by Gasteiger charge is 2.44. The van der Waals surface area contributed by atoms with E-state index >= 15 is 0 Å². The van der Waals surface area contributed by atoms with Crippen LogP contribution in [0.2, 0.25) is 0 Å². The molecule has 10 heteroatoms. The summed E-state index contributed by atoms with van der Waals surface area (Å²) in [5.74, 6) is -0.252. The van der Waals surface area contributed by atoms with Crippen LogP contribution in [0.15, 0.2) is 0 Å². The number of unbranched alkanes of at least 4 members (excludes halogenated alkanes) is 33. The predicted molar refractivity (Wildman–Crippen MR) is 246 cm³/mol. The number of carbonyl (C=O) groups excluding carboxylic acids is 1. The van der Waals surface area contributed by atoms with Crippen molar-refractivity contribution in [2.45, 2.75) is 300 Å². The van der Waals surface area contributed by atoms with Gasteiger partial charge in [0.25, 0.3) is 0 Å². The summed E-state index contributed by atoms with van der Waals surface area (Å²) < 4.78 is 11.2. The zero-order chi connectivity index (χ0) is 43.9. The second-order valence-corrected chi connectivity index (χ2v) is 18.5. The highest BCUT2D eigenvalue weighted by atomic mass is 16.7. The van der Waals surface area contributed by atoms with Crippen LogP contribution in [0.4, 0.5) is 0 Å². The van der Waals surface area contributed by atoms with Crippen LogP contribution in [-0.2, 0) is 14.3 Å². The Labute approximate surface area is 368 Å². The van der Waals surface area contributed by atoms with Gasteiger partial charge in [0.15, 0.2) is 6.29 Å². The minimum atomic E-state index is -1.60. The largest absolute Gasteiger partial charge is 0.394 e. The van der Waals surface area contributed by atoms with E-state index < -0.39 is 55.6 Å². The first kappa shape index (κ1) is 57.2. The SMILES string of the molecule is CCCCCCCCCCCCCCCCCCCCCCCCCC(=O)N[C@@H](CO[C@H]1O[C@H](CO)[C@@H](O)[C@H](O)[C@H]1O)[C@H](O)[C@H](O)CCCCCCCCCCCCCC. The molecule has 1 heterocycles. The summed E-state index contributed by atoms with van der Waals surface area (Å²) >= 11 is 0. The topological polar surface area (TPSA) is 169 Å². The Morgan fingerprint density at radius 1 is 0.517 bits per heavy atom. The monoisotopic (exact) mass is 858 g/mol. The Hall–Kier alpha value is -0.850. The minimum Gasteiger partial charge on any atom is -0.394 e. The fraction of sp³-hybridized carbons (Fsp3) is 0.980. The van der Waals surface area contributed by atoms with Gasteiger partial charge in [0.1, 0.15) is 30.5 Å². The molecule has 358 valence electrons. The number of hydrogen-bond donors (Lipinski definition) is 7. The van der Waals surface area contributed by atoms with Crippen molar-refractivity contribution < 1.29 is 44.9 Å². The van der Waals surface area contributed by atoms with Crippen molar-refractivity contribution in [2.24, 2.45) is 0 Å². The van der Waals surface area contributed by atoms with Crippen LogP contribution in [-0.4, -0.2) is 98.7 Å². The van der Waals surface area contributed by atoms with Gasteiger partial charge in [-0.2, -0.15) is 0 Å². The number of carbonyl (C=O) groups is 1. The van der Waals surface area contributed by atoms with E-state index in [9.17, 15) is 35.4 Å². The second kappa shape index (κ2) is 40.9. The number of hydrogen-bond acceptors (Lipinski definition) is 9. The maximum absolute atomic E-state index is 13.0. The second-order valence-electron chi connectivity index (χ2n) is 18.5. The van der Waals surface area contributed by atoms with Crippen LogP contribution in [0.25, 0.3) is 0 Å². The van der Waals surface area contributed by atoms with Gasteiger partial charge in [0.05, 0.1) is 25.4 Å². The van der Waals surface area contributed by atoms with Crippen molar-refractivity contribution in [3.8, 4) is 0 Å². The van der Waals surface area contributed by atoms with E-state index in [1.54, 1.807) is 0 Å². The maximum Gasteiger partial charge on any atom is 0.220 e. The molecule has 0 aromatic carbocycles. The van der Waals surface area contributed by atoms with Crippen LogP contribution in [0, 0.1) is 0 Å². The summed E-state index contributed by atoms with van der Waals surface area (Å²) in [5.41, 5.74) is 0. The van der Waals surface area contributed by atoms with Gasteiger partial charge < -0.3 is 45.4 Å². The Kier molecular flexibility index (Phi) is 39.0. The molecule has 0 radical (unpaired) electrons. The Morgan fingerprint density at radius 3 is 1.23 bits per heavy atom. The molecule has 0 saturated carbocycles. The van der Waals surface area contributed by atoms with E-state index in [1.165, 1.54) is 186 Å². The third-order valence-corrected chi connectivity index (χ3v) is 12.8. The highest BCUT2D eigenvalue weighted by molar-refractivity contribution is 5.76. The molecule has 1 aliphatic heterocycles. The molecule has 1 rings (SSSR count). The third-order valence-electron chi connectivity index (χ3n) is 12.8. The Bertz CT molecular complexity index is 926. The standard InChI is InChI=1S/C50H99NO9/c1-3-5-7-9-11-13-15-17-18-19-20-21-22-23-24-25-26-27-29-31-33-35-37-39-45(54)51-42(41-59-50-49(58)48(57)47(56)44(40-52)60-50)46(55)43(53)38-36-34-32-30-28-16-14-12-10-8-6-4-2/h42-44,46-50,52-53,55-58H,3-41H2,1-2H3,(H,51,54)/t42-,43+,44+,46-,47+,48-,49+,50-/m0/s1. The number of nitrogens with one attached hydrogen (secondary N) is 1. The summed E-state index contributed by atoms with van der Waals surface area (Å²) in [5, 5.41) is 65.3. The quantitative estimate of drug-likeness (QED) is 0.0295. The molecule has 0 aromatic rings. The first-order chi connectivity index (χ1) is 29.3. The molecular weight excluding hydrogens is 759 g/mol. The maximum atomic E-state index is 13.0. The molecule has 60 heavy (non-hydrogen) atoms.